The van der Waals surface area contributed by atoms with Crippen LogP contribution in [-0.4, -0.2) is 38.3 Å². The summed E-state index contributed by atoms with van der Waals surface area (Å²) in [5.41, 5.74) is 0.660. The minimum absolute atomic E-state index is 0.0901. The summed E-state index contributed by atoms with van der Waals surface area (Å²) < 4.78 is 31.7. The Morgan fingerprint density at radius 1 is 1.12 bits per heavy atom. The summed E-state index contributed by atoms with van der Waals surface area (Å²) >= 11 is 6.13. The molecular formula is C18H21ClN2O4S. The fourth-order valence-electron chi connectivity index (χ4n) is 2.33. The summed E-state index contributed by atoms with van der Waals surface area (Å²) in [7, 11) is -3.60. The van der Waals surface area contributed by atoms with Crippen LogP contribution >= 0.6 is 11.6 Å². The van der Waals surface area contributed by atoms with Gasteiger partial charge in [0, 0.05) is 18.8 Å². The number of amides is 1. The Hall–Kier alpha value is -2.09. The summed E-state index contributed by atoms with van der Waals surface area (Å²) in [5.74, 6) is -0.0968. The van der Waals surface area contributed by atoms with Crippen molar-refractivity contribution in [1.29, 1.82) is 0 Å². The molecule has 2 rings (SSSR count). The molecule has 0 aliphatic rings. The van der Waals surface area contributed by atoms with Crippen molar-refractivity contribution in [2.45, 2.75) is 18.7 Å². The molecule has 140 valence electrons. The molecule has 0 radical (unpaired) electrons. The fourth-order valence-corrected chi connectivity index (χ4v) is 4.12. The standard InChI is InChI=1S/C18H21ClN2O4S/c1-3-21(4-2)26(23,24)15-10-11-17(16(19)12-15)25-13-18(22)20-14-8-6-5-7-9-14/h5-12H,3-4,13H2,1-2H3,(H,20,22). The number of carbonyl (C=O) groups excluding carboxylic acids is 1. The molecular weight excluding hydrogens is 376 g/mol. The average Bonchev–Trinajstić information content (AvgIpc) is 2.62. The van der Waals surface area contributed by atoms with Gasteiger partial charge in [0.05, 0.1) is 9.92 Å². The minimum Gasteiger partial charge on any atom is -0.482 e. The van der Waals surface area contributed by atoms with E-state index in [1.54, 1.807) is 26.0 Å². The van der Waals surface area contributed by atoms with Crippen LogP contribution in [0.25, 0.3) is 0 Å². The van der Waals surface area contributed by atoms with E-state index in [-0.39, 0.29) is 28.2 Å². The molecule has 6 nitrogen and oxygen atoms in total. The van der Waals surface area contributed by atoms with E-state index in [2.05, 4.69) is 5.32 Å². The summed E-state index contributed by atoms with van der Waals surface area (Å²) in [6.45, 7) is 4.04. The third-order valence-electron chi connectivity index (χ3n) is 3.66. The van der Waals surface area contributed by atoms with E-state index in [1.165, 1.54) is 22.5 Å². The third kappa shape index (κ3) is 4.97. The first kappa shape index (κ1) is 20.2. The molecule has 0 saturated carbocycles. The normalized spacial score (nSPS) is 11.4. The molecule has 0 aromatic heterocycles. The molecule has 0 fully saturated rings. The number of hydrogen-bond acceptors (Lipinski definition) is 4. The maximum atomic E-state index is 12.5. The summed E-state index contributed by atoms with van der Waals surface area (Å²) in [6, 6.07) is 13.2. The number of nitrogens with zero attached hydrogens (tertiary/aromatic N) is 1. The van der Waals surface area contributed by atoms with Gasteiger partial charge in [-0.15, -0.1) is 0 Å². The van der Waals surface area contributed by atoms with Crippen molar-refractivity contribution in [1.82, 2.24) is 4.31 Å². The van der Waals surface area contributed by atoms with Crippen molar-refractivity contribution in [3.63, 3.8) is 0 Å². The zero-order chi connectivity index (χ0) is 19.2. The lowest BCUT2D eigenvalue weighted by Gasteiger charge is -2.19. The van der Waals surface area contributed by atoms with E-state index in [0.29, 0.717) is 18.8 Å². The van der Waals surface area contributed by atoms with Crippen LogP contribution in [0.5, 0.6) is 5.75 Å². The summed E-state index contributed by atoms with van der Waals surface area (Å²) in [4.78, 5) is 12.0. The Kier molecular flexibility index (Phi) is 7.02. The van der Waals surface area contributed by atoms with Crippen LogP contribution in [0.4, 0.5) is 5.69 Å². The topological polar surface area (TPSA) is 75.7 Å². The zero-order valence-electron chi connectivity index (χ0n) is 14.6. The van der Waals surface area contributed by atoms with E-state index >= 15 is 0 Å². The number of halogens is 1. The van der Waals surface area contributed by atoms with Crippen molar-refractivity contribution in [3.05, 3.63) is 53.6 Å². The minimum atomic E-state index is -3.60. The molecule has 26 heavy (non-hydrogen) atoms. The Balaban J connectivity index is 2.05. The van der Waals surface area contributed by atoms with Crippen molar-refractivity contribution in [2.75, 3.05) is 25.0 Å². The zero-order valence-corrected chi connectivity index (χ0v) is 16.2. The first-order chi connectivity index (χ1) is 12.4. The van der Waals surface area contributed by atoms with Gasteiger partial charge in [0.1, 0.15) is 5.75 Å². The van der Waals surface area contributed by atoms with Crippen molar-refractivity contribution < 1.29 is 17.9 Å². The molecule has 0 spiro atoms. The largest absolute Gasteiger partial charge is 0.482 e. The highest BCUT2D eigenvalue weighted by atomic mass is 35.5. The van der Waals surface area contributed by atoms with E-state index in [1.807, 2.05) is 18.2 Å². The highest BCUT2D eigenvalue weighted by Gasteiger charge is 2.22. The number of hydrogen-bond donors (Lipinski definition) is 1. The molecule has 0 aliphatic heterocycles. The van der Waals surface area contributed by atoms with Crippen LogP contribution in [-0.2, 0) is 14.8 Å². The highest BCUT2D eigenvalue weighted by Crippen LogP contribution is 2.28. The summed E-state index contributed by atoms with van der Waals surface area (Å²) in [5, 5.41) is 2.82. The number of anilines is 1. The SMILES string of the molecule is CCN(CC)S(=O)(=O)c1ccc(OCC(=O)Nc2ccccc2)c(Cl)c1. The lowest BCUT2D eigenvalue weighted by Crippen LogP contribution is -2.30. The van der Waals surface area contributed by atoms with Crippen LogP contribution in [0.2, 0.25) is 5.02 Å². The van der Waals surface area contributed by atoms with E-state index in [9.17, 15) is 13.2 Å². The van der Waals surface area contributed by atoms with Gasteiger partial charge in [0.25, 0.3) is 5.91 Å². The van der Waals surface area contributed by atoms with Crippen LogP contribution in [0.1, 0.15) is 13.8 Å². The van der Waals surface area contributed by atoms with Crippen LogP contribution in [0.15, 0.2) is 53.4 Å². The van der Waals surface area contributed by atoms with Crippen LogP contribution in [0.3, 0.4) is 0 Å². The first-order valence-electron chi connectivity index (χ1n) is 8.15. The molecule has 8 heteroatoms. The van der Waals surface area contributed by atoms with Gasteiger partial charge >= 0.3 is 0 Å². The van der Waals surface area contributed by atoms with Crippen LogP contribution < -0.4 is 10.1 Å². The third-order valence-corrected chi connectivity index (χ3v) is 6.00. The number of nitrogens with one attached hydrogen (secondary N) is 1. The van der Waals surface area contributed by atoms with E-state index < -0.39 is 10.0 Å². The molecule has 0 unspecified atom stereocenters. The fraction of sp³-hybridized carbons (Fsp3) is 0.278. The molecule has 1 amide bonds. The van der Waals surface area contributed by atoms with Crippen LogP contribution in [0, 0.1) is 0 Å². The Labute approximate surface area is 158 Å². The molecule has 0 aliphatic carbocycles. The smallest absolute Gasteiger partial charge is 0.262 e. The highest BCUT2D eigenvalue weighted by molar-refractivity contribution is 7.89. The second-order valence-electron chi connectivity index (χ2n) is 5.38. The van der Waals surface area contributed by atoms with Gasteiger partial charge < -0.3 is 10.1 Å². The van der Waals surface area contributed by atoms with Gasteiger partial charge in [0.15, 0.2) is 6.61 Å². The van der Waals surface area contributed by atoms with Crippen molar-refractivity contribution >= 4 is 33.2 Å². The van der Waals surface area contributed by atoms with E-state index in [4.69, 9.17) is 16.3 Å². The monoisotopic (exact) mass is 396 g/mol. The number of rotatable bonds is 8. The molecule has 0 heterocycles. The second kappa shape index (κ2) is 9.02. The predicted molar refractivity (Wildman–Crippen MR) is 102 cm³/mol. The van der Waals surface area contributed by atoms with Crippen molar-refractivity contribution in [3.8, 4) is 5.75 Å². The first-order valence-corrected chi connectivity index (χ1v) is 9.97. The Bertz CT molecular complexity index is 853. The molecule has 0 saturated heterocycles. The number of para-hydroxylation sites is 1. The second-order valence-corrected chi connectivity index (χ2v) is 7.73. The van der Waals surface area contributed by atoms with E-state index in [0.717, 1.165) is 0 Å². The maximum absolute atomic E-state index is 12.5. The molecule has 2 aromatic rings. The Morgan fingerprint density at radius 3 is 2.35 bits per heavy atom. The molecule has 2 aromatic carbocycles. The number of sulfonamides is 1. The lowest BCUT2D eigenvalue weighted by atomic mass is 10.3. The van der Waals surface area contributed by atoms with Gasteiger partial charge in [-0.3, -0.25) is 4.79 Å². The number of carbonyl (C=O) groups is 1. The average molecular weight is 397 g/mol. The van der Waals surface area contributed by atoms with Gasteiger partial charge in [-0.25, -0.2) is 8.42 Å². The maximum Gasteiger partial charge on any atom is 0.262 e. The quantitative estimate of drug-likeness (QED) is 0.742. The number of benzene rings is 2. The van der Waals surface area contributed by atoms with Gasteiger partial charge in [-0.1, -0.05) is 43.6 Å². The summed E-state index contributed by atoms with van der Waals surface area (Å²) in [6.07, 6.45) is 0. The van der Waals surface area contributed by atoms with Gasteiger partial charge in [-0.2, -0.15) is 4.31 Å². The Morgan fingerprint density at radius 2 is 1.77 bits per heavy atom. The predicted octanol–water partition coefficient (Wildman–Crippen LogP) is 3.39. The van der Waals surface area contributed by atoms with Gasteiger partial charge in [0.2, 0.25) is 10.0 Å². The molecule has 1 N–H and O–H groups in total. The number of ether oxygens (including phenoxy) is 1. The van der Waals surface area contributed by atoms with Crippen molar-refractivity contribution in [2.24, 2.45) is 0 Å². The lowest BCUT2D eigenvalue weighted by molar-refractivity contribution is -0.118. The molecule has 0 atom stereocenters. The van der Waals surface area contributed by atoms with Gasteiger partial charge in [-0.05, 0) is 30.3 Å². The molecule has 0 bridgehead atoms.